The van der Waals surface area contributed by atoms with Crippen LogP contribution in [0.3, 0.4) is 0 Å². The van der Waals surface area contributed by atoms with Gasteiger partial charge in [0.2, 0.25) is 0 Å². The Labute approximate surface area is 112 Å². The zero-order valence-corrected chi connectivity index (χ0v) is 11.3. The highest BCUT2D eigenvalue weighted by Crippen LogP contribution is 2.32. The summed E-state index contributed by atoms with van der Waals surface area (Å²) < 4.78 is 5.70. The summed E-state index contributed by atoms with van der Waals surface area (Å²) in [4.78, 5) is 18.5. The average molecular weight is 256 g/mol. The molecule has 0 spiro atoms. The summed E-state index contributed by atoms with van der Waals surface area (Å²) in [5.74, 6) is 0.730. The van der Waals surface area contributed by atoms with Crippen LogP contribution in [0, 0.1) is 0 Å². The average Bonchev–Trinajstić information content (AvgIpc) is 2.39. The molecule has 0 amide bonds. The molecule has 0 saturated heterocycles. The predicted molar refractivity (Wildman–Crippen MR) is 72.6 cm³/mol. The summed E-state index contributed by atoms with van der Waals surface area (Å²) in [5.41, 5.74) is 1.48. The van der Waals surface area contributed by atoms with E-state index in [9.17, 15) is 4.79 Å². The number of benzene rings is 1. The predicted octanol–water partition coefficient (Wildman–Crippen LogP) is 3.38. The lowest BCUT2D eigenvalue weighted by molar-refractivity contribution is 0.112. The Morgan fingerprint density at radius 3 is 2.32 bits per heavy atom. The van der Waals surface area contributed by atoms with Crippen LogP contribution in [0.5, 0.6) is 11.8 Å². The summed E-state index contributed by atoms with van der Waals surface area (Å²) in [7, 11) is 0. The van der Waals surface area contributed by atoms with Crippen LogP contribution in [0.25, 0.3) is 0 Å². The van der Waals surface area contributed by atoms with E-state index in [2.05, 4.69) is 30.7 Å². The maximum absolute atomic E-state index is 10.5. The number of carbonyl (C=O) groups is 1. The Kier molecular flexibility index (Phi) is 3.60. The summed E-state index contributed by atoms with van der Waals surface area (Å²) in [6.07, 6.45) is 3.58. The highest BCUT2D eigenvalue weighted by molar-refractivity contribution is 5.73. The molecule has 0 aliphatic carbocycles. The molecule has 0 bridgehead atoms. The number of aromatic nitrogens is 2. The monoisotopic (exact) mass is 256 g/mol. The molecule has 1 heterocycles. The lowest BCUT2D eigenvalue weighted by atomic mass is 9.86. The van der Waals surface area contributed by atoms with Gasteiger partial charge in [-0.15, -0.1) is 0 Å². The number of rotatable bonds is 3. The van der Waals surface area contributed by atoms with Crippen LogP contribution < -0.4 is 4.74 Å². The molecule has 0 N–H and O–H groups in total. The zero-order valence-electron chi connectivity index (χ0n) is 11.3. The number of hydrogen-bond acceptors (Lipinski definition) is 4. The molecule has 4 nitrogen and oxygen atoms in total. The standard InChI is InChI=1S/C15H16N2O2/c1-15(2,3)12-6-4-5-7-13(12)19-14-16-8-11(10-18)9-17-14/h4-10H,1-3H3. The fourth-order valence-corrected chi connectivity index (χ4v) is 1.71. The number of hydrogen-bond donors (Lipinski definition) is 0. The number of aldehydes is 1. The fourth-order valence-electron chi connectivity index (χ4n) is 1.71. The Hall–Kier alpha value is -2.23. The maximum Gasteiger partial charge on any atom is 0.321 e. The van der Waals surface area contributed by atoms with Gasteiger partial charge in [0.25, 0.3) is 0 Å². The highest BCUT2D eigenvalue weighted by atomic mass is 16.5. The first-order valence-corrected chi connectivity index (χ1v) is 6.05. The number of carbonyl (C=O) groups excluding carboxylic acids is 1. The van der Waals surface area contributed by atoms with Crippen molar-refractivity contribution >= 4 is 6.29 Å². The van der Waals surface area contributed by atoms with E-state index in [4.69, 9.17) is 4.74 Å². The molecule has 0 unspecified atom stereocenters. The third-order valence-corrected chi connectivity index (χ3v) is 2.68. The fraction of sp³-hybridized carbons (Fsp3) is 0.267. The number of ether oxygens (including phenoxy) is 1. The first-order valence-electron chi connectivity index (χ1n) is 6.05. The van der Waals surface area contributed by atoms with Gasteiger partial charge in [-0.3, -0.25) is 4.79 Å². The number of nitrogens with zero attached hydrogens (tertiary/aromatic N) is 2. The van der Waals surface area contributed by atoms with Crippen molar-refractivity contribution in [3.63, 3.8) is 0 Å². The molecular weight excluding hydrogens is 240 g/mol. The van der Waals surface area contributed by atoms with Gasteiger partial charge in [0.15, 0.2) is 6.29 Å². The first kappa shape index (κ1) is 13.2. The summed E-state index contributed by atoms with van der Waals surface area (Å²) >= 11 is 0. The van der Waals surface area contributed by atoms with Crippen LogP contribution in [0.4, 0.5) is 0 Å². The second kappa shape index (κ2) is 5.18. The lowest BCUT2D eigenvalue weighted by Crippen LogP contribution is -2.12. The first-order chi connectivity index (χ1) is 9.00. The molecule has 2 aromatic rings. The van der Waals surface area contributed by atoms with Crippen molar-refractivity contribution in [3.05, 3.63) is 47.8 Å². The SMILES string of the molecule is CC(C)(C)c1ccccc1Oc1ncc(C=O)cn1. The lowest BCUT2D eigenvalue weighted by Gasteiger charge is -2.21. The normalized spacial score (nSPS) is 11.1. The van der Waals surface area contributed by atoms with Gasteiger partial charge in [-0.05, 0) is 11.5 Å². The van der Waals surface area contributed by atoms with Crippen molar-refractivity contribution in [2.24, 2.45) is 0 Å². The Morgan fingerprint density at radius 1 is 1.11 bits per heavy atom. The Bertz CT molecular complexity index is 571. The third kappa shape index (κ3) is 3.16. The number of para-hydroxylation sites is 1. The Balaban J connectivity index is 2.30. The topological polar surface area (TPSA) is 52.1 Å². The minimum atomic E-state index is -0.0284. The molecular formula is C15H16N2O2. The largest absolute Gasteiger partial charge is 0.424 e. The van der Waals surface area contributed by atoms with E-state index in [-0.39, 0.29) is 11.4 Å². The molecule has 98 valence electrons. The van der Waals surface area contributed by atoms with E-state index in [1.807, 2.05) is 24.3 Å². The zero-order chi connectivity index (χ0) is 13.9. The van der Waals surface area contributed by atoms with E-state index in [0.717, 1.165) is 11.3 Å². The molecule has 0 fully saturated rings. The molecule has 0 aliphatic rings. The Morgan fingerprint density at radius 2 is 1.74 bits per heavy atom. The molecule has 0 radical (unpaired) electrons. The molecule has 2 rings (SSSR count). The second-order valence-corrected chi connectivity index (χ2v) is 5.27. The quantitative estimate of drug-likeness (QED) is 0.790. The molecule has 4 heteroatoms. The summed E-state index contributed by atoms with van der Waals surface area (Å²) in [6.45, 7) is 6.35. The van der Waals surface area contributed by atoms with Crippen LogP contribution in [-0.2, 0) is 5.41 Å². The van der Waals surface area contributed by atoms with E-state index >= 15 is 0 Å². The summed E-state index contributed by atoms with van der Waals surface area (Å²) in [6, 6.07) is 8.03. The summed E-state index contributed by atoms with van der Waals surface area (Å²) in [5, 5.41) is 0. The molecule has 0 aliphatic heterocycles. The molecule has 0 saturated carbocycles. The molecule has 0 atom stereocenters. The van der Waals surface area contributed by atoms with Gasteiger partial charge in [0.1, 0.15) is 5.75 Å². The van der Waals surface area contributed by atoms with Gasteiger partial charge in [-0.2, -0.15) is 0 Å². The molecule has 19 heavy (non-hydrogen) atoms. The second-order valence-electron chi connectivity index (χ2n) is 5.27. The van der Waals surface area contributed by atoms with Crippen molar-refractivity contribution < 1.29 is 9.53 Å². The van der Waals surface area contributed by atoms with Crippen molar-refractivity contribution in [3.8, 4) is 11.8 Å². The van der Waals surface area contributed by atoms with E-state index in [0.29, 0.717) is 11.8 Å². The van der Waals surface area contributed by atoms with Gasteiger partial charge in [0.05, 0.1) is 5.56 Å². The third-order valence-electron chi connectivity index (χ3n) is 2.68. The van der Waals surface area contributed by atoms with Crippen molar-refractivity contribution in [2.75, 3.05) is 0 Å². The molecule has 1 aromatic carbocycles. The van der Waals surface area contributed by atoms with Crippen LogP contribution in [0.1, 0.15) is 36.7 Å². The van der Waals surface area contributed by atoms with Crippen LogP contribution >= 0.6 is 0 Å². The van der Waals surface area contributed by atoms with Crippen LogP contribution in [-0.4, -0.2) is 16.3 Å². The highest BCUT2D eigenvalue weighted by Gasteiger charge is 2.19. The van der Waals surface area contributed by atoms with Gasteiger partial charge < -0.3 is 4.74 Å². The van der Waals surface area contributed by atoms with E-state index in [1.165, 1.54) is 12.4 Å². The molecule has 1 aromatic heterocycles. The maximum atomic E-state index is 10.5. The minimum absolute atomic E-state index is 0.0284. The van der Waals surface area contributed by atoms with E-state index < -0.39 is 0 Å². The smallest absolute Gasteiger partial charge is 0.321 e. The van der Waals surface area contributed by atoms with Gasteiger partial charge in [0, 0.05) is 18.0 Å². The van der Waals surface area contributed by atoms with Crippen molar-refractivity contribution in [2.45, 2.75) is 26.2 Å². The van der Waals surface area contributed by atoms with Crippen LogP contribution in [0.2, 0.25) is 0 Å². The van der Waals surface area contributed by atoms with Gasteiger partial charge in [-0.25, -0.2) is 9.97 Å². The van der Waals surface area contributed by atoms with Gasteiger partial charge >= 0.3 is 6.01 Å². The van der Waals surface area contributed by atoms with E-state index in [1.54, 1.807) is 0 Å². The van der Waals surface area contributed by atoms with Crippen molar-refractivity contribution in [1.29, 1.82) is 0 Å². The van der Waals surface area contributed by atoms with Crippen LogP contribution in [0.15, 0.2) is 36.7 Å². The van der Waals surface area contributed by atoms with Gasteiger partial charge in [-0.1, -0.05) is 39.0 Å². The van der Waals surface area contributed by atoms with Crippen molar-refractivity contribution in [1.82, 2.24) is 9.97 Å². The minimum Gasteiger partial charge on any atom is -0.424 e.